The van der Waals surface area contributed by atoms with Crippen LogP contribution in [0.5, 0.6) is 11.5 Å². The number of para-hydroxylation sites is 1. The Hall–Kier alpha value is -3.64. The van der Waals surface area contributed by atoms with Crippen LogP contribution in [0.3, 0.4) is 0 Å². The third-order valence-corrected chi connectivity index (χ3v) is 6.35. The molecule has 0 spiro atoms. The number of aryl methyl sites for hydroxylation is 2. The van der Waals surface area contributed by atoms with Gasteiger partial charge >= 0.3 is 0 Å². The van der Waals surface area contributed by atoms with Crippen molar-refractivity contribution in [2.24, 2.45) is 0 Å². The Morgan fingerprint density at radius 2 is 1.76 bits per heavy atom. The van der Waals surface area contributed by atoms with Gasteiger partial charge in [-0.2, -0.15) is 0 Å². The lowest BCUT2D eigenvalue weighted by atomic mass is 9.88. The largest absolute Gasteiger partial charge is 0.486 e. The predicted molar refractivity (Wildman–Crippen MR) is 124 cm³/mol. The van der Waals surface area contributed by atoms with Crippen LogP contribution in [0.15, 0.2) is 60.7 Å². The number of Topliss-reactive ketones (excluding diaryl/α,β-unsaturated/α-hetero) is 1. The highest BCUT2D eigenvalue weighted by atomic mass is 16.6. The Kier molecular flexibility index (Phi) is 5.17. The Morgan fingerprint density at radius 3 is 2.55 bits per heavy atom. The molecule has 3 aromatic carbocycles. The third kappa shape index (κ3) is 3.66. The highest BCUT2D eigenvalue weighted by Gasteiger charge is 2.50. The molecule has 5 rings (SSSR count). The number of carbonyl (C=O) groups is 2. The molecule has 6 nitrogen and oxygen atoms in total. The molecule has 168 valence electrons. The maximum absolute atomic E-state index is 13.5. The van der Waals surface area contributed by atoms with Gasteiger partial charge in [-0.3, -0.25) is 9.59 Å². The van der Waals surface area contributed by atoms with Crippen molar-refractivity contribution in [1.29, 1.82) is 0 Å². The zero-order chi connectivity index (χ0) is 23.2. The molecule has 0 fully saturated rings. The Bertz CT molecular complexity index is 1270. The minimum Gasteiger partial charge on any atom is -0.486 e. The summed E-state index contributed by atoms with van der Waals surface area (Å²) in [7, 11) is 0. The molecule has 1 N–H and O–H groups in total. The average molecular weight is 443 g/mol. The van der Waals surface area contributed by atoms with Crippen LogP contribution >= 0.6 is 0 Å². The molecule has 33 heavy (non-hydrogen) atoms. The first-order valence-electron chi connectivity index (χ1n) is 11.0. The highest BCUT2D eigenvalue weighted by Crippen LogP contribution is 2.44. The number of aliphatic hydroxyl groups is 1. The van der Waals surface area contributed by atoms with Crippen LogP contribution < -0.4 is 14.4 Å². The summed E-state index contributed by atoms with van der Waals surface area (Å²) in [4.78, 5) is 28.3. The molecule has 0 saturated heterocycles. The second-order valence-electron chi connectivity index (χ2n) is 8.66. The number of ether oxygens (including phenoxy) is 2. The highest BCUT2D eigenvalue weighted by molar-refractivity contribution is 6.10. The van der Waals surface area contributed by atoms with Gasteiger partial charge in [0.1, 0.15) is 13.2 Å². The zero-order valence-corrected chi connectivity index (χ0v) is 18.6. The fourth-order valence-electron chi connectivity index (χ4n) is 4.58. The van der Waals surface area contributed by atoms with Gasteiger partial charge in [0.2, 0.25) is 0 Å². The van der Waals surface area contributed by atoms with E-state index in [0.717, 1.165) is 16.7 Å². The van der Waals surface area contributed by atoms with Gasteiger partial charge in [0.15, 0.2) is 22.9 Å². The molecule has 0 radical (unpaired) electrons. The maximum atomic E-state index is 13.5. The first kappa shape index (κ1) is 21.2. The van der Waals surface area contributed by atoms with E-state index in [1.54, 1.807) is 35.2 Å². The maximum Gasteiger partial charge on any atom is 0.264 e. The van der Waals surface area contributed by atoms with Crippen LogP contribution in [-0.2, 0) is 16.9 Å². The van der Waals surface area contributed by atoms with Crippen LogP contribution in [0.1, 0.15) is 39.0 Å². The van der Waals surface area contributed by atoms with E-state index in [4.69, 9.17) is 9.47 Å². The molecular formula is C27H25NO5. The van der Waals surface area contributed by atoms with Crippen molar-refractivity contribution < 1.29 is 24.2 Å². The molecule has 0 bridgehead atoms. The number of benzene rings is 3. The number of carbonyl (C=O) groups excluding carboxylic acids is 2. The number of nitrogens with zero attached hydrogens (tertiary/aromatic N) is 1. The van der Waals surface area contributed by atoms with E-state index in [9.17, 15) is 14.7 Å². The predicted octanol–water partition coefficient (Wildman–Crippen LogP) is 4.08. The van der Waals surface area contributed by atoms with E-state index in [1.807, 2.05) is 38.1 Å². The molecule has 0 aromatic heterocycles. The first-order valence-corrected chi connectivity index (χ1v) is 11.0. The van der Waals surface area contributed by atoms with Crippen molar-refractivity contribution in [3.63, 3.8) is 0 Å². The second-order valence-corrected chi connectivity index (χ2v) is 8.66. The van der Waals surface area contributed by atoms with E-state index >= 15 is 0 Å². The van der Waals surface area contributed by atoms with Gasteiger partial charge in [-0.1, -0.05) is 42.0 Å². The van der Waals surface area contributed by atoms with Gasteiger partial charge in [-0.05, 0) is 49.2 Å². The van der Waals surface area contributed by atoms with E-state index in [-0.39, 0.29) is 12.2 Å². The third-order valence-electron chi connectivity index (χ3n) is 6.35. The summed E-state index contributed by atoms with van der Waals surface area (Å²) in [5.41, 5.74) is 2.72. The molecule has 1 atom stereocenters. The topological polar surface area (TPSA) is 76.1 Å². The molecular weight excluding hydrogens is 418 g/mol. The average Bonchev–Trinajstić information content (AvgIpc) is 3.02. The van der Waals surface area contributed by atoms with Crippen molar-refractivity contribution in [2.75, 3.05) is 18.1 Å². The summed E-state index contributed by atoms with van der Waals surface area (Å²) in [6.45, 7) is 5.22. The Morgan fingerprint density at radius 1 is 1.00 bits per heavy atom. The van der Waals surface area contributed by atoms with Crippen molar-refractivity contribution >= 4 is 17.4 Å². The van der Waals surface area contributed by atoms with E-state index in [2.05, 4.69) is 6.07 Å². The quantitative estimate of drug-likeness (QED) is 0.602. The Labute approximate surface area is 192 Å². The van der Waals surface area contributed by atoms with Gasteiger partial charge in [0, 0.05) is 11.1 Å². The number of fused-ring (bicyclic) bond motifs is 2. The van der Waals surface area contributed by atoms with Gasteiger partial charge in [0.05, 0.1) is 18.7 Å². The number of anilines is 1. The standard InChI is InChI=1S/C27H25NO5/c1-17-7-8-20(18(2)13-17)16-28-22-6-4-3-5-21(22)27(31,26(28)30)15-23(29)19-9-10-24-25(14-19)33-12-11-32-24/h3-10,13-14,31H,11-12,15-16H2,1-2H3. The molecule has 2 aliphatic rings. The number of rotatable bonds is 5. The van der Waals surface area contributed by atoms with Crippen LogP contribution in [0, 0.1) is 13.8 Å². The minimum atomic E-state index is -1.93. The van der Waals surface area contributed by atoms with Crippen molar-refractivity contribution in [3.05, 3.63) is 88.5 Å². The monoisotopic (exact) mass is 443 g/mol. The van der Waals surface area contributed by atoms with E-state index in [1.165, 1.54) is 0 Å². The molecule has 0 aliphatic carbocycles. The van der Waals surface area contributed by atoms with Gasteiger partial charge in [0.25, 0.3) is 5.91 Å². The summed E-state index contributed by atoms with van der Waals surface area (Å²) >= 11 is 0. The Balaban J connectivity index is 1.46. The van der Waals surface area contributed by atoms with Crippen LogP contribution in [0.4, 0.5) is 5.69 Å². The fraction of sp³-hybridized carbons (Fsp3) is 0.259. The van der Waals surface area contributed by atoms with Gasteiger partial charge in [-0.15, -0.1) is 0 Å². The lowest BCUT2D eigenvalue weighted by Gasteiger charge is -2.24. The summed E-state index contributed by atoms with van der Waals surface area (Å²) in [6.07, 6.45) is -0.355. The molecule has 1 amide bonds. The molecule has 2 aliphatic heterocycles. The van der Waals surface area contributed by atoms with Crippen molar-refractivity contribution in [2.45, 2.75) is 32.4 Å². The number of hydrogen-bond donors (Lipinski definition) is 1. The first-order chi connectivity index (χ1) is 15.9. The molecule has 6 heteroatoms. The van der Waals surface area contributed by atoms with Gasteiger partial charge < -0.3 is 19.5 Å². The fourth-order valence-corrected chi connectivity index (χ4v) is 4.58. The zero-order valence-electron chi connectivity index (χ0n) is 18.6. The summed E-state index contributed by atoms with van der Waals surface area (Å²) in [6, 6.07) is 18.1. The van der Waals surface area contributed by atoms with Gasteiger partial charge in [-0.25, -0.2) is 0 Å². The van der Waals surface area contributed by atoms with Crippen molar-refractivity contribution in [3.8, 4) is 11.5 Å². The molecule has 2 heterocycles. The van der Waals surface area contributed by atoms with E-state index < -0.39 is 11.5 Å². The van der Waals surface area contributed by atoms with Crippen LogP contribution in [0.25, 0.3) is 0 Å². The lowest BCUT2D eigenvalue weighted by molar-refractivity contribution is -0.136. The molecule has 0 saturated carbocycles. The lowest BCUT2D eigenvalue weighted by Crippen LogP contribution is -2.41. The number of hydrogen-bond acceptors (Lipinski definition) is 5. The summed E-state index contributed by atoms with van der Waals surface area (Å²) in [5.74, 6) is 0.243. The van der Waals surface area contributed by atoms with Crippen molar-refractivity contribution in [1.82, 2.24) is 0 Å². The van der Waals surface area contributed by atoms with Crippen LogP contribution in [0.2, 0.25) is 0 Å². The molecule has 3 aromatic rings. The SMILES string of the molecule is Cc1ccc(CN2C(=O)C(O)(CC(=O)c3ccc4c(c3)OCCO4)c3ccccc32)c(C)c1. The molecule has 1 unspecified atom stereocenters. The minimum absolute atomic E-state index is 0.322. The summed E-state index contributed by atoms with van der Waals surface area (Å²) in [5, 5.41) is 11.6. The number of ketones is 1. The summed E-state index contributed by atoms with van der Waals surface area (Å²) < 4.78 is 11.1. The normalized spacial score (nSPS) is 18.9. The van der Waals surface area contributed by atoms with E-state index in [0.29, 0.717) is 48.1 Å². The number of amides is 1. The second kappa shape index (κ2) is 8.05. The smallest absolute Gasteiger partial charge is 0.264 e. The van der Waals surface area contributed by atoms with Crippen LogP contribution in [-0.4, -0.2) is 30.0 Å².